The summed E-state index contributed by atoms with van der Waals surface area (Å²) >= 11 is 0. The zero-order chi connectivity index (χ0) is 22.0. The van der Waals surface area contributed by atoms with Crippen LogP contribution in [0.25, 0.3) is 16.8 Å². The number of aryl methyl sites for hydroxylation is 3. The Kier molecular flexibility index (Phi) is 5.53. The molecule has 0 amide bonds. The minimum Gasteiger partial charge on any atom is -0.497 e. The highest BCUT2D eigenvalue weighted by molar-refractivity contribution is 5.66. The largest absolute Gasteiger partial charge is 0.497 e. The van der Waals surface area contributed by atoms with E-state index in [1.807, 2.05) is 68.4 Å². The lowest BCUT2D eigenvalue weighted by atomic mass is 10.0. The Labute approximate surface area is 179 Å². The first-order chi connectivity index (χ1) is 15.0. The zero-order valence-corrected chi connectivity index (χ0v) is 17.9. The second kappa shape index (κ2) is 8.43. The lowest BCUT2D eigenvalue weighted by molar-refractivity contribution is 0.292. The minimum absolute atomic E-state index is 0.249. The van der Waals surface area contributed by atoms with E-state index in [1.54, 1.807) is 14.2 Å². The van der Waals surface area contributed by atoms with Gasteiger partial charge in [-0.1, -0.05) is 24.3 Å². The molecule has 0 N–H and O–H groups in total. The van der Waals surface area contributed by atoms with Crippen LogP contribution in [0.2, 0.25) is 0 Å². The summed E-state index contributed by atoms with van der Waals surface area (Å²) in [6, 6.07) is 17.4. The normalized spacial score (nSPS) is 10.8. The third-order valence-corrected chi connectivity index (χ3v) is 5.16. The van der Waals surface area contributed by atoms with Crippen molar-refractivity contribution >= 4 is 0 Å². The highest BCUT2D eigenvalue weighted by Gasteiger charge is 2.14. The van der Waals surface area contributed by atoms with Crippen LogP contribution >= 0.6 is 0 Å². The first kappa shape index (κ1) is 20.3. The van der Waals surface area contributed by atoms with E-state index >= 15 is 0 Å². The van der Waals surface area contributed by atoms with Crippen molar-refractivity contribution in [1.82, 2.24) is 24.8 Å². The molecule has 0 saturated heterocycles. The predicted octanol–water partition coefficient (Wildman–Crippen LogP) is 3.23. The van der Waals surface area contributed by atoms with E-state index in [0.717, 1.165) is 33.7 Å². The number of nitrogens with zero attached hydrogens (tertiary/aromatic N) is 5. The monoisotopic (exact) mass is 417 g/mol. The van der Waals surface area contributed by atoms with Crippen LogP contribution < -0.4 is 15.2 Å². The summed E-state index contributed by atoms with van der Waals surface area (Å²) in [5.41, 5.74) is 5.11. The number of ether oxygens (including phenoxy) is 2. The van der Waals surface area contributed by atoms with Crippen molar-refractivity contribution in [2.24, 2.45) is 7.05 Å². The van der Waals surface area contributed by atoms with Crippen molar-refractivity contribution < 1.29 is 9.47 Å². The molecule has 0 fully saturated rings. The van der Waals surface area contributed by atoms with Crippen molar-refractivity contribution in [2.75, 3.05) is 7.11 Å². The highest BCUT2D eigenvalue weighted by atomic mass is 16.5. The molecular weight excluding hydrogens is 394 g/mol. The molecule has 0 saturated carbocycles. The van der Waals surface area contributed by atoms with Crippen LogP contribution in [0.5, 0.6) is 11.6 Å². The van der Waals surface area contributed by atoms with Gasteiger partial charge in [-0.25, -0.2) is 9.78 Å². The Morgan fingerprint density at radius 2 is 1.74 bits per heavy atom. The van der Waals surface area contributed by atoms with Crippen molar-refractivity contribution in [3.05, 3.63) is 81.9 Å². The van der Waals surface area contributed by atoms with Crippen LogP contribution in [-0.2, 0) is 13.7 Å². The second-order valence-electron chi connectivity index (χ2n) is 7.17. The number of methoxy groups -OCH3 is 1. The molecule has 2 heterocycles. The Balaban J connectivity index is 1.58. The van der Waals surface area contributed by atoms with Gasteiger partial charge in [0, 0.05) is 29.9 Å². The van der Waals surface area contributed by atoms with Crippen molar-refractivity contribution in [3.8, 4) is 28.4 Å². The maximum Gasteiger partial charge on any atom is 0.368 e. The number of hydrogen-bond donors (Lipinski definition) is 0. The predicted molar refractivity (Wildman–Crippen MR) is 117 cm³/mol. The van der Waals surface area contributed by atoms with E-state index in [1.165, 1.54) is 9.36 Å². The van der Waals surface area contributed by atoms with Crippen LogP contribution in [-0.4, -0.2) is 31.9 Å². The van der Waals surface area contributed by atoms with Crippen molar-refractivity contribution in [1.29, 1.82) is 0 Å². The van der Waals surface area contributed by atoms with E-state index < -0.39 is 0 Å². The van der Waals surface area contributed by atoms with Crippen LogP contribution in [0.3, 0.4) is 0 Å². The molecule has 2 aromatic carbocycles. The van der Waals surface area contributed by atoms with Gasteiger partial charge in [-0.15, -0.1) is 0 Å². The molecule has 0 aliphatic rings. The van der Waals surface area contributed by atoms with Gasteiger partial charge in [-0.2, -0.15) is 9.36 Å². The maximum atomic E-state index is 12.3. The van der Waals surface area contributed by atoms with Gasteiger partial charge in [-0.05, 0) is 59.7 Å². The average Bonchev–Trinajstić information content (AvgIpc) is 3.11. The fraction of sp³-hybridized carbons (Fsp3) is 0.217. The first-order valence-corrected chi connectivity index (χ1v) is 9.80. The van der Waals surface area contributed by atoms with Crippen LogP contribution in [0, 0.1) is 13.8 Å². The number of rotatable bonds is 6. The molecule has 4 rings (SSSR count). The molecule has 0 aliphatic carbocycles. The minimum atomic E-state index is -0.315. The summed E-state index contributed by atoms with van der Waals surface area (Å²) in [4.78, 5) is 16.9. The van der Waals surface area contributed by atoms with E-state index in [4.69, 9.17) is 9.47 Å². The van der Waals surface area contributed by atoms with E-state index in [-0.39, 0.29) is 12.3 Å². The molecule has 31 heavy (non-hydrogen) atoms. The fourth-order valence-corrected chi connectivity index (χ4v) is 3.38. The lowest BCUT2D eigenvalue weighted by Gasteiger charge is -2.13. The van der Waals surface area contributed by atoms with E-state index in [0.29, 0.717) is 11.6 Å². The van der Waals surface area contributed by atoms with Gasteiger partial charge in [0.1, 0.15) is 12.4 Å². The van der Waals surface area contributed by atoms with Crippen LogP contribution in [0.4, 0.5) is 0 Å². The topological polar surface area (TPSA) is 84.1 Å². The molecule has 0 radical (unpaired) electrons. The molecule has 2 aromatic heterocycles. The molecule has 0 spiro atoms. The number of tetrazole rings is 1. The molecule has 8 nitrogen and oxygen atoms in total. The summed E-state index contributed by atoms with van der Waals surface area (Å²) < 4.78 is 13.7. The quantitative estimate of drug-likeness (QED) is 0.479. The first-order valence-electron chi connectivity index (χ1n) is 9.80. The SMILES string of the molecule is COc1ccc(-c2ccc(OCc3c(C)cccc3-n3nnn(C)c3=O)nc2C)cc1. The summed E-state index contributed by atoms with van der Waals surface area (Å²) in [6.45, 7) is 4.17. The fourth-order valence-electron chi connectivity index (χ4n) is 3.38. The third kappa shape index (κ3) is 4.05. The Morgan fingerprint density at radius 1 is 0.968 bits per heavy atom. The maximum absolute atomic E-state index is 12.3. The van der Waals surface area contributed by atoms with E-state index in [2.05, 4.69) is 15.4 Å². The number of pyridine rings is 1. The molecule has 158 valence electrons. The van der Waals surface area contributed by atoms with Crippen molar-refractivity contribution in [2.45, 2.75) is 20.5 Å². The summed E-state index contributed by atoms with van der Waals surface area (Å²) in [7, 11) is 3.21. The number of hydrogen-bond acceptors (Lipinski definition) is 6. The van der Waals surface area contributed by atoms with Gasteiger partial charge in [0.2, 0.25) is 5.88 Å². The van der Waals surface area contributed by atoms with Crippen LogP contribution in [0.15, 0.2) is 59.4 Å². The molecule has 0 aliphatic heterocycles. The zero-order valence-electron chi connectivity index (χ0n) is 17.9. The molecule has 0 bridgehead atoms. The lowest BCUT2D eigenvalue weighted by Crippen LogP contribution is -2.23. The van der Waals surface area contributed by atoms with Gasteiger partial charge in [-0.3, -0.25) is 0 Å². The third-order valence-electron chi connectivity index (χ3n) is 5.16. The summed E-state index contributed by atoms with van der Waals surface area (Å²) in [5.74, 6) is 1.32. The molecule has 4 aromatic rings. The Bertz CT molecular complexity index is 1280. The van der Waals surface area contributed by atoms with Crippen LogP contribution in [0.1, 0.15) is 16.8 Å². The summed E-state index contributed by atoms with van der Waals surface area (Å²) in [5, 5.41) is 7.75. The number of aromatic nitrogens is 5. The van der Waals surface area contributed by atoms with E-state index in [9.17, 15) is 4.79 Å². The number of benzene rings is 2. The van der Waals surface area contributed by atoms with Gasteiger partial charge in [0.05, 0.1) is 12.8 Å². The van der Waals surface area contributed by atoms with Gasteiger partial charge >= 0.3 is 5.69 Å². The molecule has 0 atom stereocenters. The average molecular weight is 417 g/mol. The highest BCUT2D eigenvalue weighted by Crippen LogP contribution is 2.27. The summed E-state index contributed by atoms with van der Waals surface area (Å²) in [6.07, 6.45) is 0. The standard InChI is InChI=1S/C23H23N5O3/c1-15-6-5-7-21(28-23(29)27(3)25-26-28)20(15)14-31-22-13-12-19(16(2)24-22)17-8-10-18(30-4)11-9-17/h5-13H,14H2,1-4H3. The molecule has 0 unspecified atom stereocenters. The van der Waals surface area contributed by atoms with Gasteiger partial charge in [0.15, 0.2) is 0 Å². The molecular formula is C23H23N5O3. The smallest absolute Gasteiger partial charge is 0.368 e. The van der Waals surface area contributed by atoms with Gasteiger partial charge < -0.3 is 9.47 Å². The van der Waals surface area contributed by atoms with Crippen molar-refractivity contribution in [3.63, 3.8) is 0 Å². The second-order valence-corrected chi connectivity index (χ2v) is 7.17. The molecule has 8 heteroatoms. The van der Waals surface area contributed by atoms with Gasteiger partial charge in [0.25, 0.3) is 0 Å². The Hall–Kier alpha value is -3.94. The Morgan fingerprint density at radius 3 is 2.39 bits per heavy atom.